The lowest BCUT2D eigenvalue weighted by Crippen LogP contribution is -2.30. The summed E-state index contributed by atoms with van der Waals surface area (Å²) in [7, 11) is -2.36. The Morgan fingerprint density at radius 1 is 0.949 bits per heavy atom. The standard InChI is InChI=1S/C32H36N4O2S/c1-25(21-35-17-9-10-18-35)30-24-36(23-27-13-7-4-8-14-27)31-16-15-28(19-29(30)31)32(20-33)39(37,38)34(2)22-26-11-5-3-6-12-26/h3-8,11-16,19,24-25,32H,9-10,17-18,21-23H2,1-2H3/t25-,32?/m0/s1. The van der Waals surface area contributed by atoms with Crippen molar-refractivity contribution in [2.75, 3.05) is 26.7 Å². The van der Waals surface area contributed by atoms with E-state index in [4.69, 9.17) is 0 Å². The van der Waals surface area contributed by atoms with Gasteiger partial charge in [-0.1, -0.05) is 73.7 Å². The molecule has 4 aromatic rings. The molecule has 2 heterocycles. The number of nitrogens with zero attached hydrogens (tertiary/aromatic N) is 4. The Bertz CT molecular complexity index is 1550. The number of likely N-dealkylation sites (tertiary alicyclic amines) is 1. The normalized spacial score (nSPS) is 15.9. The number of aromatic nitrogens is 1. The van der Waals surface area contributed by atoms with E-state index < -0.39 is 15.3 Å². The summed E-state index contributed by atoms with van der Waals surface area (Å²) >= 11 is 0. The molecule has 1 aliphatic rings. The minimum Gasteiger partial charge on any atom is -0.343 e. The molecule has 1 fully saturated rings. The molecule has 5 rings (SSSR count). The topological polar surface area (TPSA) is 69.3 Å². The molecule has 3 aromatic carbocycles. The van der Waals surface area contributed by atoms with E-state index >= 15 is 0 Å². The van der Waals surface area contributed by atoms with Crippen LogP contribution in [0.1, 0.15) is 53.2 Å². The monoisotopic (exact) mass is 540 g/mol. The van der Waals surface area contributed by atoms with Crippen LogP contribution in [0.5, 0.6) is 0 Å². The van der Waals surface area contributed by atoms with Crippen LogP contribution in [0.4, 0.5) is 0 Å². The van der Waals surface area contributed by atoms with E-state index in [0.29, 0.717) is 5.56 Å². The summed E-state index contributed by atoms with van der Waals surface area (Å²) in [6.45, 7) is 6.41. The third-order valence-corrected chi connectivity index (χ3v) is 9.76. The van der Waals surface area contributed by atoms with Crippen molar-refractivity contribution >= 4 is 20.9 Å². The maximum Gasteiger partial charge on any atom is 0.234 e. The molecule has 0 saturated carbocycles. The Morgan fingerprint density at radius 3 is 2.23 bits per heavy atom. The molecule has 2 atom stereocenters. The van der Waals surface area contributed by atoms with Crippen molar-refractivity contribution in [1.82, 2.24) is 13.8 Å². The van der Waals surface area contributed by atoms with Gasteiger partial charge < -0.3 is 9.47 Å². The van der Waals surface area contributed by atoms with Gasteiger partial charge >= 0.3 is 0 Å². The van der Waals surface area contributed by atoms with Gasteiger partial charge in [-0.2, -0.15) is 9.57 Å². The van der Waals surface area contributed by atoms with Crippen LogP contribution in [0.15, 0.2) is 85.1 Å². The van der Waals surface area contributed by atoms with Crippen LogP contribution in [0, 0.1) is 11.3 Å². The Hall–Kier alpha value is -3.44. The van der Waals surface area contributed by atoms with Crippen LogP contribution in [0.3, 0.4) is 0 Å². The minimum absolute atomic E-state index is 0.217. The Morgan fingerprint density at radius 2 is 1.59 bits per heavy atom. The largest absolute Gasteiger partial charge is 0.343 e. The summed E-state index contributed by atoms with van der Waals surface area (Å²) in [5.41, 5.74) is 4.85. The Labute approximate surface area is 232 Å². The van der Waals surface area contributed by atoms with Gasteiger partial charge in [-0.25, -0.2) is 8.42 Å². The zero-order valence-corrected chi connectivity index (χ0v) is 23.5. The lowest BCUT2D eigenvalue weighted by molar-refractivity contribution is 0.321. The summed E-state index contributed by atoms with van der Waals surface area (Å²) in [6, 6.07) is 27.6. The lowest BCUT2D eigenvalue weighted by Gasteiger charge is -2.22. The van der Waals surface area contributed by atoms with Gasteiger partial charge in [0.05, 0.1) is 6.07 Å². The van der Waals surface area contributed by atoms with Crippen LogP contribution in [0.2, 0.25) is 0 Å². The number of benzene rings is 3. The van der Waals surface area contributed by atoms with Crippen LogP contribution in [-0.4, -0.2) is 48.9 Å². The maximum atomic E-state index is 13.6. The maximum absolute atomic E-state index is 13.6. The van der Waals surface area contributed by atoms with E-state index in [9.17, 15) is 13.7 Å². The van der Waals surface area contributed by atoms with Gasteiger partial charge in [0.2, 0.25) is 10.0 Å². The second-order valence-electron chi connectivity index (χ2n) is 10.7. The molecule has 0 radical (unpaired) electrons. The highest BCUT2D eigenvalue weighted by Gasteiger charge is 2.32. The van der Waals surface area contributed by atoms with E-state index in [0.717, 1.165) is 42.6 Å². The highest BCUT2D eigenvalue weighted by Crippen LogP contribution is 2.34. The van der Waals surface area contributed by atoms with Crippen molar-refractivity contribution in [2.45, 2.75) is 44.0 Å². The van der Waals surface area contributed by atoms with E-state index in [1.165, 1.54) is 28.3 Å². The molecular formula is C32H36N4O2S. The number of hydrogen-bond donors (Lipinski definition) is 0. The number of fused-ring (bicyclic) bond motifs is 1. The lowest BCUT2D eigenvalue weighted by atomic mass is 9.98. The van der Waals surface area contributed by atoms with Gasteiger partial charge in [0, 0.05) is 43.8 Å². The fraction of sp³-hybridized carbons (Fsp3) is 0.344. The number of sulfonamides is 1. The molecule has 202 valence electrons. The van der Waals surface area contributed by atoms with Crippen LogP contribution in [0.25, 0.3) is 10.9 Å². The third kappa shape index (κ3) is 5.94. The van der Waals surface area contributed by atoms with Crippen LogP contribution < -0.4 is 0 Å². The molecule has 1 aromatic heterocycles. The first kappa shape index (κ1) is 27.1. The average molecular weight is 541 g/mol. The summed E-state index contributed by atoms with van der Waals surface area (Å²) in [4.78, 5) is 2.51. The molecule has 7 heteroatoms. The predicted octanol–water partition coefficient (Wildman–Crippen LogP) is 5.92. The molecule has 0 spiro atoms. The molecule has 0 aliphatic carbocycles. The molecule has 6 nitrogen and oxygen atoms in total. The number of rotatable bonds is 10. The second-order valence-corrected chi connectivity index (χ2v) is 12.8. The SMILES string of the molecule is C[C@@H](CN1CCCC1)c1cn(Cc2ccccc2)c2ccc(C(C#N)S(=O)(=O)N(C)Cc3ccccc3)cc12. The van der Waals surface area contributed by atoms with Crippen molar-refractivity contribution in [3.63, 3.8) is 0 Å². The van der Waals surface area contributed by atoms with Gasteiger partial charge in [-0.15, -0.1) is 0 Å². The molecule has 0 N–H and O–H groups in total. The van der Waals surface area contributed by atoms with Crippen molar-refractivity contribution in [2.24, 2.45) is 0 Å². The molecule has 1 aliphatic heterocycles. The fourth-order valence-corrected chi connectivity index (χ4v) is 7.00. The van der Waals surface area contributed by atoms with Gasteiger partial charge in [-0.3, -0.25) is 0 Å². The molecule has 1 saturated heterocycles. The number of hydrogen-bond acceptors (Lipinski definition) is 4. The zero-order chi connectivity index (χ0) is 27.4. The van der Waals surface area contributed by atoms with Gasteiger partial charge in [-0.05, 0) is 66.2 Å². The molecule has 0 amide bonds. The van der Waals surface area contributed by atoms with E-state index in [1.54, 1.807) is 13.1 Å². The van der Waals surface area contributed by atoms with Gasteiger partial charge in [0.15, 0.2) is 5.25 Å². The smallest absolute Gasteiger partial charge is 0.234 e. The van der Waals surface area contributed by atoms with Crippen molar-refractivity contribution in [1.29, 1.82) is 5.26 Å². The van der Waals surface area contributed by atoms with Crippen molar-refractivity contribution in [3.05, 3.63) is 107 Å². The summed E-state index contributed by atoms with van der Waals surface area (Å²) in [6.07, 6.45) is 4.70. The number of nitriles is 1. The van der Waals surface area contributed by atoms with Gasteiger partial charge in [0.25, 0.3) is 0 Å². The first-order valence-electron chi connectivity index (χ1n) is 13.6. The summed E-state index contributed by atoms with van der Waals surface area (Å²) in [5.74, 6) is 0.274. The first-order valence-corrected chi connectivity index (χ1v) is 15.1. The van der Waals surface area contributed by atoms with Crippen LogP contribution >= 0.6 is 0 Å². The highest BCUT2D eigenvalue weighted by atomic mass is 32.2. The average Bonchev–Trinajstić information content (AvgIpc) is 3.58. The quantitative estimate of drug-likeness (QED) is 0.251. The van der Waals surface area contributed by atoms with Crippen molar-refractivity contribution < 1.29 is 8.42 Å². The van der Waals surface area contributed by atoms with E-state index in [2.05, 4.69) is 40.8 Å². The molecule has 1 unspecified atom stereocenters. The zero-order valence-electron chi connectivity index (χ0n) is 22.7. The molecule has 39 heavy (non-hydrogen) atoms. The first-order chi connectivity index (χ1) is 18.9. The Balaban J connectivity index is 1.51. The van der Waals surface area contributed by atoms with E-state index in [1.807, 2.05) is 60.7 Å². The minimum atomic E-state index is -3.91. The van der Waals surface area contributed by atoms with E-state index in [-0.39, 0.29) is 12.5 Å². The Kier molecular flexibility index (Phi) is 8.18. The highest BCUT2D eigenvalue weighted by molar-refractivity contribution is 7.89. The molecule has 0 bridgehead atoms. The fourth-order valence-electron chi connectivity index (χ4n) is 5.68. The van der Waals surface area contributed by atoms with Crippen molar-refractivity contribution in [3.8, 4) is 6.07 Å². The second kappa shape index (κ2) is 11.7. The van der Waals surface area contributed by atoms with Gasteiger partial charge in [0.1, 0.15) is 0 Å². The predicted molar refractivity (Wildman–Crippen MR) is 157 cm³/mol. The molecular weight excluding hydrogens is 504 g/mol. The van der Waals surface area contributed by atoms with Crippen LogP contribution in [-0.2, 0) is 23.1 Å². The summed E-state index contributed by atoms with van der Waals surface area (Å²) in [5, 5.41) is 9.84. The summed E-state index contributed by atoms with van der Waals surface area (Å²) < 4.78 is 30.7. The third-order valence-electron chi connectivity index (χ3n) is 7.79.